The monoisotopic (exact) mass is 789 g/mol. The van der Waals surface area contributed by atoms with Crippen LogP contribution in [-0.2, 0) is 0 Å². The molecule has 0 fully saturated rings. The topological polar surface area (TPSA) is 63.7 Å². The van der Waals surface area contributed by atoms with E-state index in [1.165, 1.54) is 27.1 Å². The van der Waals surface area contributed by atoms with Crippen LogP contribution < -0.4 is 4.98 Å². The molecule has 0 atom stereocenters. The lowest BCUT2D eigenvalue weighted by molar-refractivity contribution is -0.359. The zero-order valence-corrected chi connectivity index (χ0v) is 33.6. The lowest BCUT2D eigenvalue weighted by Gasteiger charge is -2.13. The fourth-order valence-corrected chi connectivity index (χ4v) is 8.58. The zero-order chi connectivity index (χ0) is 41.4. The van der Waals surface area contributed by atoms with Gasteiger partial charge >= 0.3 is 5.82 Å². The van der Waals surface area contributed by atoms with Gasteiger partial charge in [-0.05, 0) is 150 Å². The van der Waals surface area contributed by atoms with E-state index in [1.54, 1.807) is 0 Å². The van der Waals surface area contributed by atoms with Crippen molar-refractivity contribution in [2.24, 2.45) is 0 Å². The molecule has 0 bridgehead atoms. The second kappa shape index (κ2) is 15.6. The van der Waals surface area contributed by atoms with Crippen molar-refractivity contribution in [1.82, 2.24) is 9.97 Å². The fraction of sp³-hybridized carbons (Fsp3) is 0. The van der Waals surface area contributed by atoms with Crippen molar-refractivity contribution in [1.29, 1.82) is 5.26 Å². The van der Waals surface area contributed by atoms with Gasteiger partial charge in [-0.25, -0.2) is 4.98 Å². The van der Waals surface area contributed by atoms with Crippen molar-refractivity contribution in [3.63, 3.8) is 0 Å². The van der Waals surface area contributed by atoms with E-state index >= 15 is 0 Å². The highest BCUT2D eigenvalue weighted by Gasteiger charge is 2.20. The molecule has 11 rings (SSSR count). The summed E-state index contributed by atoms with van der Waals surface area (Å²) in [7, 11) is 0. The molecule has 0 aliphatic heterocycles. The Morgan fingerprint density at radius 2 is 0.806 bits per heavy atom. The summed E-state index contributed by atoms with van der Waals surface area (Å²) in [6, 6.07) is 78.7. The highest BCUT2D eigenvalue weighted by molar-refractivity contribution is 6.14. The van der Waals surface area contributed by atoms with Gasteiger partial charge in [0.15, 0.2) is 0 Å². The van der Waals surface area contributed by atoms with E-state index in [1.807, 2.05) is 48.5 Å². The van der Waals surface area contributed by atoms with Gasteiger partial charge in [0.05, 0.1) is 28.3 Å². The Bertz CT molecular complexity index is 3500. The number of nitrogens with one attached hydrogen (secondary N) is 1. The Morgan fingerprint density at radius 3 is 1.45 bits per heavy atom. The summed E-state index contributed by atoms with van der Waals surface area (Å²) >= 11 is 0. The second-order valence-corrected chi connectivity index (χ2v) is 15.6. The SMILES string of the molecule is N#Cc1cc(-c2ccc3ccc(-c4ccc(-c5nc(-c6ccccc6)nc(-c6ccc(-c7ccccc7)cc6)[nH+]5)cc4)cc3c2)cc(-c2cc3ccccc3c3ccccc23)c1. The van der Waals surface area contributed by atoms with Gasteiger partial charge in [-0.3, -0.25) is 0 Å². The van der Waals surface area contributed by atoms with Crippen LogP contribution in [0.3, 0.4) is 0 Å². The maximum absolute atomic E-state index is 10.2. The lowest BCUT2D eigenvalue weighted by Crippen LogP contribution is -2.17. The number of aromatic amines is 1. The van der Waals surface area contributed by atoms with Crippen LogP contribution in [0.5, 0.6) is 0 Å². The molecule has 62 heavy (non-hydrogen) atoms. The number of benzene rings is 10. The molecule has 0 saturated carbocycles. The highest BCUT2D eigenvalue weighted by Crippen LogP contribution is 2.38. The number of fused-ring (bicyclic) bond motifs is 4. The van der Waals surface area contributed by atoms with Gasteiger partial charge in [-0.1, -0.05) is 156 Å². The van der Waals surface area contributed by atoms with Gasteiger partial charge in [-0.15, -0.1) is 0 Å². The highest BCUT2D eigenvalue weighted by atomic mass is 15.0. The van der Waals surface area contributed by atoms with Crippen molar-refractivity contribution in [2.45, 2.75) is 0 Å². The summed E-state index contributed by atoms with van der Waals surface area (Å²) in [6.07, 6.45) is 0. The van der Waals surface area contributed by atoms with Crippen molar-refractivity contribution >= 4 is 32.3 Å². The molecular formula is C58H37N4+. The third-order valence-electron chi connectivity index (χ3n) is 11.8. The van der Waals surface area contributed by atoms with Crippen LogP contribution >= 0.6 is 0 Å². The molecule has 4 heteroatoms. The number of hydrogen-bond acceptors (Lipinski definition) is 3. The smallest absolute Gasteiger partial charge is 0.240 e. The van der Waals surface area contributed by atoms with Crippen molar-refractivity contribution < 1.29 is 4.98 Å². The Balaban J connectivity index is 0.932. The van der Waals surface area contributed by atoms with Crippen molar-refractivity contribution in [3.05, 3.63) is 224 Å². The Hall–Kier alpha value is -8.52. The molecule has 1 heterocycles. The summed E-state index contributed by atoms with van der Waals surface area (Å²) in [5, 5.41) is 17.3. The third-order valence-corrected chi connectivity index (χ3v) is 11.8. The van der Waals surface area contributed by atoms with Crippen LogP contribution in [0.25, 0.3) is 111 Å². The summed E-state index contributed by atoms with van der Waals surface area (Å²) in [5.41, 5.74) is 12.3. The van der Waals surface area contributed by atoms with E-state index < -0.39 is 0 Å². The van der Waals surface area contributed by atoms with E-state index in [-0.39, 0.29) is 0 Å². The first-order valence-electron chi connectivity index (χ1n) is 20.8. The second-order valence-electron chi connectivity index (χ2n) is 15.6. The van der Waals surface area contributed by atoms with Gasteiger partial charge < -0.3 is 0 Å². The van der Waals surface area contributed by atoms with Gasteiger partial charge in [0.25, 0.3) is 11.6 Å². The molecule has 10 aromatic carbocycles. The van der Waals surface area contributed by atoms with E-state index in [2.05, 4.69) is 181 Å². The van der Waals surface area contributed by atoms with E-state index in [0.717, 1.165) is 78.1 Å². The molecule has 0 saturated heterocycles. The summed E-state index contributed by atoms with van der Waals surface area (Å²) < 4.78 is 0. The van der Waals surface area contributed by atoms with Gasteiger partial charge in [0.2, 0.25) is 0 Å². The molecule has 4 nitrogen and oxygen atoms in total. The molecule has 0 amide bonds. The largest absolute Gasteiger partial charge is 0.308 e. The van der Waals surface area contributed by atoms with Gasteiger partial charge in [-0.2, -0.15) is 5.26 Å². The maximum atomic E-state index is 10.2. The number of hydrogen-bond donors (Lipinski definition) is 0. The minimum atomic E-state index is 0.633. The van der Waals surface area contributed by atoms with Crippen LogP contribution in [0.4, 0.5) is 0 Å². The Morgan fingerprint density at radius 1 is 0.323 bits per heavy atom. The summed E-state index contributed by atoms with van der Waals surface area (Å²) in [6.45, 7) is 0. The molecule has 0 spiro atoms. The first-order chi connectivity index (χ1) is 30.6. The quantitative estimate of drug-likeness (QED) is 0.151. The molecule has 0 aliphatic rings. The fourth-order valence-electron chi connectivity index (χ4n) is 8.58. The summed E-state index contributed by atoms with van der Waals surface area (Å²) in [5.74, 6) is 2.15. The normalized spacial score (nSPS) is 11.2. The number of rotatable bonds is 7. The standard InChI is InChI=1S/C58H36N4/c59-37-38-31-49(35-51(32-38)55-36-48-15-7-8-16-52(48)53-17-9-10-18-54(53)55)47-30-24-42-23-29-46(33-50(42)34-47)41-21-27-45(28-22-41)58-61-56(43-13-5-2-6-14-43)60-57(62-58)44-25-19-40(20-26-44)39-11-3-1-4-12-39/h1-36H/p+1. The van der Waals surface area contributed by atoms with Crippen molar-refractivity contribution in [3.8, 4) is 84.7 Å². The van der Waals surface area contributed by atoms with Crippen LogP contribution in [-0.4, -0.2) is 9.97 Å². The number of H-pyrrole nitrogens is 1. The molecule has 11 aromatic rings. The lowest BCUT2D eigenvalue weighted by atomic mass is 9.90. The minimum Gasteiger partial charge on any atom is -0.240 e. The molecule has 0 aliphatic carbocycles. The Kier molecular flexibility index (Phi) is 9.19. The average molecular weight is 790 g/mol. The summed E-state index contributed by atoms with van der Waals surface area (Å²) in [4.78, 5) is 13.6. The van der Waals surface area contributed by atoms with E-state index in [0.29, 0.717) is 11.4 Å². The molecule has 1 aromatic heterocycles. The van der Waals surface area contributed by atoms with Gasteiger partial charge in [0.1, 0.15) is 0 Å². The third kappa shape index (κ3) is 6.94. The first kappa shape index (κ1) is 36.6. The first-order valence-corrected chi connectivity index (χ1v) is 20.8. The van der Waals surface area contributed by atoms with Crippen LogP contribution in [0, 0.1) is 11.3 Å². The van der Waals surface area contributed by atoms with Crippen LogP contribution in [0.2, 0.25) is 0 Å². The minimum absolute atomic E-state index is 0.633. The average Bonchev–Trinajstić information content (AvgIpc) is 3.36. The van der Waals surface area contributed by atoms with Crippen LogP contribution in [0.15, 0.2) is 218 Å². The Labute approximate surface area is 359 Å². The molecule has 0 unspecified atom stereocenters. The zero-order valence-electron chi connectivity index (χ0n) is 33.6. The molecule has 288 valence electrons. The van der Waals surface area contributed by atoms with Gasteiger partial charge in [0, 0.05) is 0 Å². The number of nitrogens with zero attached hydrogens (tertiary/aromatic N) is 3. The molecule has 1 N–H and O–H groups in total. The predicted molar refractivity (Wildman–Crippen MR) is 254 cm³/mol. The van der Waals surface area contributed by atoms with Crippen molar-refractivity contribution in [2.75, 3.05) is 0 Å². The predicted octanol–water partition coefficient (Wildman–Crippen LogP) is 14.3. The molecular weight excluding hydrogens is 753 g/mol. The van der Waals surface area contributed by atoms with E-state index in [9.17, 15) is 5.26 Å². The number of nitriles is 1. The van der Waals surface area contributed by atoms with E-state index in [4.69, 9.17) is 9.97 Å². The molecule has 0 radical (unpaired) electrons. The van der Waals surface area contributed by atoms with Crippen LogP contribution in [0.1, 0.15) is 5.56 Å². The number of aromatic nitrogens is 3. The maximum Gasteiger partial charge on any atom is 0.308 e.